The highest BCUT2D eigenvalue weighted by Gasteiger charge is 2.35. The Kier molecular flexibility index (Phi) is 3.22. The van der Waals surface area contributed by atoms with Gasteiger partial charge < -0.3 is 5.11 Å². The topological polar surface area (TPSA) is 43.8 Å². The zero-order chi connectivity index (χ0) is 11.5. The van der Waals surface area contributed by atoms with Crippen molar-refractivity contribution in [2.45, 2.75) is 19.4 Å². The van der Waals surface area contributed by atoms with Gasteiger partial charge in [0.15, 0.2) is 0 Å². The molecule has 1 unspecified atom stereocenters. The first-order valence-electron chi connectivity index (χ1n) is 5.49. The molecule has 0 aromatic heterocycles. The van der Waals surface area contributed by atoms with Gasteiger partial charge in [0.2, 0.25) is 5.91 Å². The van der Waals surface area contributed by atoms with E-state index in [0.717, 1.165) is 5.69 Å². The molecule has 0 aliphatic carbocycles. The number of para-hydroxylation sites is 1. The van der Waals surface area contributed by atoms with Crippen molar-refractivity contribution in [2.75, 3.05) is 18.2 Å². The van der Waals surface area contributed by atoms with Crippen LogP contribution in [-0.4, -0.2) is 35.2 Å². The largest absolute Gasteiger partial charge is 0.395 e. The van der Waals surface area contributed by atoms with Crippen molar-refractivity contribution in [3.63, 3.8) is 0 Å². The summed E-state index contributed by atoms with van der Waals surface area (Å²) in [6, 6.07) is 9.69. The molecule has 0 spiro atoms. The fourth-order valence-corrected chi connectivity index (χ4v) is 2.07. The number of hydrogen-bond acceptors (Lipinski definition) is 3. The Morgan fingerprint density at radius 2 is 2.06 bits per heavy atom. The molecule has 4 heteroatoms. The highest BCUT2D eigenvalue weighted by molar-refractivity contribution is 5.94. The number of amides is 1. The van der Waals surface area contributed by atoms with Gasteiger partial charge in [-0.15, -0.1) is 0 Å². The quantitative estimate of drug-likeness (QED) is 0.827. The number of hydrogen-bond donors (Lipinski definition) is 1. The Morgan fingerprint density at radius 3 is 2.69 bits per heavy atom. The number of nitrogens with zero attached hydrogens (tertiary/aromatic N) is 2. The molecule has 0 radical (unpaired) electrons. The zero-order valence-electron chi connectivity index (χ0n) is 9.34. The number of carbonyl (C=O) groups excluding carboxylic acids is 1. The monoisotopic (exact) mass is 220 g/mol. The van der Waals surface area contributed by atoms with E-state index < -0.39 is 0 Å². The SMILES string of the molecule is CC1CC(=O)N(c2ccccc2)N1CCO. The van der Waals surface area contributed by atoms with E-state index in [1.165, 1.54) is 0 Å². The third-order valence-electron chi connectivity index (χ3n) is 2.80. The van der Waals surface area contributed by atoms with Crippen molar-refractivity contribution >= 4 is 11.6 Å². The van der Waals surface area contributed by atoms with Gasteiger partial charge in [0, 0.05) is 19.0 Å². The third kappa shape index (κ3) is 1.94. The summed E-state index contributed by atoms with van der Waals surface area (Å²) in [5, 5.41) is 12.6. The molecule has 16 heavy (non-hydrogen) atoms. The summed E-state index contributed by atoms with van der Waals surface area (Å²) in [6.07, 6.45) is 0.509. The maximum atomic E-state index is 11.9. The molecular formula is C12H16N2O2. The van der Waals surface area contributed by atoms with Gasteiger partial charge in [-0.25, -0.2) is 10.0 Å². The van der Waals surface area contributed by atoms with Gasteiger partial charge in [0.05, 0.1) is 12.3 Å². The molecule has 0 bridgehead atoms. The number of β-amino-alcohol motifs (C(OH)–C–C–N with tert-alkyl or cyclic N) is 1. The summed E-state index contributed by atoms with van der Waals surface area (Å²) >= 11 is 0. The van der Waals surface area contributed by atoms with E-state index >= 15 is 0 Å². The molecule has 1 heterocycles. The molecule has 1 saturated heterocycles. The second-order valence-electron chi connectivity index (χ2n) is 3.98. The van der Waals surface area contributed by atoms with E-state index in [4.69, 9.17) is 5.11 Å². The number of anilines is 1. The molecule has 2 rings (SSSR count). The Morgan fingerprint density at radius 1 is 1.38 bits per heavy atom. The Labute approximate surface area is 95.1 Å². The number of benzene rings is 1. The molecule has 1 N–H and O–H groups in total. The minimum atomic E-state index is 0.0565. The van der Waals surface area contributed by atoms with Gasteiger partial charge in [-0.2, -0.15) is 0 Å². The summed E-state index contributed by atoms with van der Waals surface area (Å²) in [5.74, 6) is 0.0900. The smallest absolute Gasteiger partial charge is 0.243 e. The van der Waals surface area contributed by atoms with Crippen molar-refractivity contribution in [3.05, 3.63) is 30.3 Å². The molecule has 1 fully saturated rings. The Hall–Kier alpha value is -1.39. The van der Waals surface area contributed by atoms with E-state index in [0.29, 0.717) is 13.0 Å². The lowest BCUT2D eigenvalue weighted by atomic mass is 10.2. The average Bonchev–Trinajstić information content (AvgIpc) is 2.56. The molecule has 1 amide bonds. The standard InChI is InChI=1S/C12H16N2O2/c1-10-9-12(16)14(13(10)7-8-15)11-5-3-2-4-6-11/h2-6,10,15H,7-9H2,1H3. The predicted molar refractivity (Wildman–Crippen MR) is 61.8 cm³/mol. The van der Waals surface area contributed by atoms with Crippen LogP contribution in [0.3, 0.4) is 0 Å². The maximum absolute atomic E-state index is 11.9. The third-order valence-corrected chi connectivity index (χ3v) is 2.80. The van der Waals surface area contributed by atoms with Crippen molar-refractivity contribution < 1.29 is 9.90 Å². The van der Waals surface area contributed by atoms with Crippen molar-refractivity contribution in [3.8, 4) is 0 Å². The van der Waals surface area contributed by atoms with Crippen LogP contribution in [0.1, 0.15) is 13.3 Å². The maximum Gasteiger partial charge on any atom is 0.243 e. The Bertz CT molecular complexity index is 367. The first-order valence-corrected chi connectivity index (χ1v) is 5.49. The predicted octanol–water partition coefficient (Wildman–Crippen LogP) is 1.02. The summed E-state index contributed by atoms with van der Waals surface area (Å²) in [4.78, 5) is 11.9. The molecule has 1 aromatic carbocycles. The molecule has 86 valence electrons. The first-order chi connectivity index (χ1) is 7.74. The summed E-state index contributed by atoms with van der Waals surface area (Å²) in [5.41, 5.74) is 0.866. The number of carbonyl (C=O) groups is 1. The second kappa shape index (κ2) is 4.63. The highest BCUT2D eigenvalue weighted by atomic mass is 16.3. The minimum Gasteiger partial charge on any atom is -0.395 e. The summed E-state index contributed by atoms with van der Waals surface area (Å²) in [6.45, 7) is 2.54. The lowest BCUT2D eigenvalue weighted by Gasteiger charge is -2.30. The molecule has 1 aromatic rings. The molecule has 1 aliphatic rings. The van der Waals surface area contributed by atoms with E-state index in [-0.39, 0.29) is 18.6 Å². The van der Waals surface area contributed by atoms with Crippen LogP contribution in [0.4, 0.5) is 5.69 Å². The van der Waals surface area contributed by atoms with Gasteiger partial charge in [-0.1, -0.05) is 18.2 Å². The van der Waals surface area contributed by atoms with Gasteiger partial charge >= 0.3 is 0 Å². The molecule has 4 nitrogen and oxygen atoms in total. The average molecular weight is 220 g/mol. The van der Waals surface area contributed by atoms with Crippen LogP contribution >= 0.6 is 0 Å². The van der Waals surface area contributed by atoms with Crippen LogP contribution in [0.2, 0.25) is 0 Å². The number of hydrazine groups is 1. The summed E-state index contributed by atoms with van der Waals surface area (Å²) < 4.78 is 0. The van der Waals surface area contributed by atoms with E-state index in [1.807, 2.05) is 42.3 Å². The van der Waals surface area contributed by atoms with Crippen LogP contribution in [0.15, 0.2) is 30.3 Å². The normalized spacial score (nSPS) is 21.8. The van der Waals surface area contributed by atoms with Crippen LogP contribution in [0, 0.1) is 0 Å². The lowest BCUT2D eigenvalue weighted by Crippen LogP contribution is -2.43. The molecule has 1 atom stereocenters. The zero-order valence-corrected chi connectivity index (χ0v) is 9.34. The molecule has 1 aliphatic heterocycles. The van der Waals surface area contributed by atoms with Crippen LogP contribution in [0.25, 0.3) is 0 Å². The van der Waals surface area contributed by atoms with E-state index in [2.05, 4.69) is 0 Å². The van der Waals surface area contributed by atoms with Gasteiger partial charge in [0.25, 0.3) is 0 Å². The minimum absolute atomic E-state index is 0.0565. The Balaban J connectivity index is 2.27. The summed E-state index contributed by atoms with van der Waals surface area (Å²) in [7, 11) is 0. The van der Waals surface area contributed by atoms with Crippen molar-refractivity contribution in [1.82, 2.24) is 5.01 Å². The van der Waals surface area contributed by atoms with Crippen LogP contribution < -0.4 is 5.01 Å². The number of rotatable bonds is 3. The first kappa shape index (κ1) is 11.1. The fraction of sp³-hybridized carbons (Fsp3) is 0.417. The van der Waals surface area contributed by atoms with Crippen LogP contribution in [0.5, 0.6) is 0 Å². The molecular weight excluding hydrogens is 204 g/mol. The highest BCUT2D eigenvalue weighted by Crippen LogP contribution is 2.25. The van der Waals surface area contributed by atoms with Gasteiger partial charge in [0.1, 0.15) is 0 Å². The van der Waals surface area contributed by atoms with E-state index in [9.17, 15) is 4.79 Å². The second-order valence-corrected chi connectivity index (χ2v) is 3.98. The van der Waals surface area contributed by atoms with Gasteiger partial charge in [-0.3, -0.25) is 4.79 Å². The van der Waals surface area contributed by atoms with Gasteiger partial charge in [-0.05, 0) is 19.1 Å². The van der Waals surface area contributed by atoms with E-state index in [1.54, 1.807) is 5.01 Å². The lowest BCUT2D eigenvalue weighted by molar-refractivity contribution is -0.118. The number of aliphatic hydroxyl groups excluding tert-OH is 1. The van der Waals surface area contributed by atoms with Crippen molar-refractivity contribution in [1.29, 1.82) is 0 Å². The van der Waals surface area contributed by atoms with Crippen LogP contribution in [-0.2, 0) is 4.79 Å². The molecule has 0 saturated carbocycles. The van der Waals surface area contributed by atoms with Crippen molar-refractivity contribution in [2.24, 2.45) is 0 Å². The fourth-order valence-electron chi connectivity index (χ4n) is 2.07. The number of aliphatic hydroxyl groups is 1.